The number of rotatable bonds is 5. The molecule has 25 heavy (non-hydrogen) atoms. The fourth-order valence-corrected chi connectivity index (χ4v) is 1.95. The average molecular weight is 347 g/mol. The summed E-state index contributed by atoms with van der Waals surface area (Å²) in [5.41, 5.74) is 3.52. The minimum absolute atomic E-state index is 0.752. The summed E-state index contributed by atoms with van der Waals surface area (Å²) < 4.78 is 10.5. The van der Waals surface area contributed by atoms with Gasteiger partial charge in [0, 0.05) is 12.2 Å². The van der Waals surface area contributed by atoms with Gasteiger partial charge in [-0.05, 0) is 42.3 Å². The van der Waals surface area contributed by atoms with Crippen LogP contribution in [0.1, 0.15) is 11.1 Å². The summed E-state index contributed by atoms with van der Waals surface area (Å²) in [6, 6.07) is 14.3. The molecule has 2 aromatic carbocycles. The van der Waals surface area contributed by atoms with E-state index in [2.05, 4.69) is 30.4 Å². The Morgan fingerprint density at radius 2 is 1.60 bits per heavy atom. The zero-order valence-electron chi connectivity index (χ0n) is 14.3. The minimum Gasteiger partial charge on any atom is -0.493 e. The van der Waals surface area contributed by atoms with Crippen LogP contribution in [0.3, 0.4) is 0 Å². The summed E-state index contributed by atoms with van der Waals surface area (Å²) in [7, 11) is 3.29. The highest BCUT2D eigenvalue weighted by Crippen LogP contribution is 2.27. The number of aliphatic carboxylic acids is 2. The average Bonchev–Trinajstić information content (AvgIpc) is 2.60. The second-order valence-corrected chi connectivity index (χ2v) is 5.02. The Labute approximate surface area is 145 Å². The predicted octanol–water partition coefficient (Wildman–Crippen LogP) is 2.78. The van der Waals surface area contributed by atoms with E-state index in [0.29, 0.717) is 0 Å². The lowest BCUT2D eigenvalue weighted by Gasteiger charge is -2.11. The number of carbonyl (C=O) groups is 2. The van der Waals surface area contributed by atoms with Gasteiger partial charge >= 0.3 is 11.9 Å². The van der Waals surface area contributed by atoms with Crippen molar-refractivity contribution in [3.8, 4) is 11.5 Å². The molecule has 2 aromatic rings. The maximum Gasteiger partial charge on any atom is 0.414 e. The van der Waals surface area contributed by atoms with E-state index >= 15 is 0 Å². The SMILES string of the molecule is COc1ccc(CNc2cccc(C)c2)cc1OC.O=C(O)C(=O)O. The molecule has 0 radical (unpaired) electrons. The Bertz CT molecular complexity index is 717. The van der Waals surface area contributed by atoms with Gasteiger partial charge in [0.25, 0.3) is 0 Å². The topological polar surface area (TPSA) is 105 Å². The van der Waals surface area contributed by atoms with Crippen molar-refractivity contribution in [1.29, 1.82) is 0 Å². The highest BCUT2D eigenvalue weighted by atomic mass is 16.5. The van der Waals surface area contributed by atoms with E-state index in [1.54, 1.807) is 14.2 Å². The summed E-state index contributed by atoms with van der Waals surface area (Å²) >= 11 is 0. The van der Waals surface area contributed by atoms with Crippen LogP contribution < -0.4 is 14.8 Å². The Morgan fingerprint density at radius 1 is 0.960 bits per heavy atom. The molecule has 134 valence electrons. The van der Waals surface area contributed by atoms with Crippen molar-refractivity contribution < 1.29 is 29.3 Å². The molecular weight excluding hydrogens is 326 g/mol. The van der Waals surface area contributed by atoms with Gasteiger partial charge in [-0.15, -0.1) is 0 Å². The largest absolute Gasteiger partial charge is 0.493 e. The van der Waals surface area contributed by atoms with E-state index in [0.717, 1.165) is 29.3 Å². The van der Waals surface area contributed by atoms with Gasteiger partial charge in [-0.3, -0.25) is 0 Å². The van der Waals surface area contributed by atoms with Crippen molar-refractivity contribution in [2.75, 3.05) is 19.5 Å². The van der Waals surface area contributed by atoms with Crippen LogP contribution in [0.5, 0.6) is 11.5 Å². The van der Waals surface area contributed by atoms with Crippen molar-refractivity contribution in [1.82, 2.24) is 0 Å². The number of ether oxygens (including phenoxy) is 2. The Balaban J connectivity index is 0.000000450. The van der Waals surface area contributed by atoms with E-state index < -0.39 is 11.9 Å². The Morgan fingerprint density at radius 3 is 2.12 bits per heavy atom. The third-order valence-corrected chi connectivity index (χ3v) is 3.15. The monoisotopic (exact) mass is 347 g/mol. The van der Waals surface area contributed by atoms with Crippen LogP contribution in [0.15, 0.2) is 42.5 Å². The molecule has 0 atom stereocenters. The van der Waals surface area contributed by atoms with Crippen LogP contribution in [0.25, 0.3) is 0 Å². The number of nitrogens with one attached hydrogen (secondary N) is 1. The number of aryl methyl sites for hydroxylation is 1. The van der Waals surface area contributed by atoms with Crippen molar-refractivity contribution >= 4 is 17.6 Å². The summed E-state index contributed by atoms with van der Waals surface area (Å²) in [5, 5.41) is 18.2. The van der Waals surface area contributed by atoms with E-state index in [1.807, 2.05) is 24.3 Å². The van der Waals surface area contributed by atoms with Crippen LogP contribution >= 0.6 is 0 Å². The smallest absolute Gasteiger partial charge is 0.414 e. The second kappa shape index (κ2) is 9.82. The van der Waals surface area contributed by atoms with Gasteiger partial charge in [0.2, 0.25) is 0 Å². The van der Waals surface area contributed by atoms with Gasteiger partial charge in [0.05, 0.1) is 14.2 Å². The van der Waals surface area contributed by atoms with E-state index in [1.165, 1.54) is 5.56 Å². The quantitative estimate of drug-likeness (QED) is 0.714. The molecule has 0 heterocycles. The number of carboxylic acid groups (broad SMARTS) is 2. The maximum atomic E-state index is 9.10. The van der Waals surface area contributed by atoms with Crippen molar-refractivity contribution in [2.45, 2.75) is 13.5 Å². The molecule has 0 aromatic heterocycles. The molecule has 3 N–H and O–H groups in total. The van der Waals surface area contributed by atoms with Crippen LogP contribution in [0.2, 0.25) is 0 Å². The van der Waals surface area contributed by atoms with E-state index in [-0.39, 0.29) is 0 Å². The lowest BCUT2D eigenvalue weighted by Crippen LogP contribution is -2.09. The van der Waals surface area contributed by atoms with Gasteiger partial charge in [-0.1, -0.05) is 18.2 Å². The molecule has 0 amide bonds. The summed E-state index contributed by atoms with van der Waals surface area (Å²) in [5.74, 6) is -2.14. The lowest BCUT2D eigenvalue weighted by molar-refractivity contribution is -0.159. The molecular formula is C18H21NO6. The van der Waals surface area contributed by atoms with Crippen LogP contribution in [0.4, 0.5) is 5.69 Å². The molecule has 0 saturated heterocycles. The summed E-state index contributed by atoms with van der Waals surface area (Å²) in [4.78, 5) is 18.2. The van der Waals surface area contributed by atoms with Crippen molar-refractivity contribution in [3.05, 3.63) is 53.6 Å². The Hall–Kier alpha value is -3.22. The molecule has 7 heteroatoms. The first-order valence-electron chi connectivity index (χ1n) is 7.35. The number of hydrogen-bond donors (Lipinski definition) is 3. The third-order valence-electron chi connectivity index (χ3n) is 3.15. The number of anilines is 1. The molecule has 0 spiro atoms. The molecule has 7 nitrogen and oxygen atoms in total. The third kappa shape index (κ3) is 6.82. The second-order valence-electron chi connectivity index (χ2n) is 5.02. The van der Waals surface area contributed by atoms with Gasteiger partial charge in [0.15, 0.2) is 11.5 Å². The van der Waals surface area contributed by atoms with E-state index in [9.17, 15) is 0 Å². The molecule has 0 saturated carbocycles. The predicted molar refractivity (Wildman–Crippen MR) is 93.3 cm³/mol. The standard InChI is InChI=1S/C16H19NO2.C2H2O4/c1-12-5-4-6-14(9-12)17-11-13-7-8-15(18-2)16(10-13)19-3;3-1(4)2(5)6/h4-10,17H,11H2,1-3H3;(H,3,4)(H,5,6). The summed E-state index contributed by atoms with van der Waals surface area (Å²) in [6.45, 7) is 2.84. The number of hydrogen-bond acceptors (Lipinski definition) is 5. The highest BCUT2D eigenvalue weighted by Gasteiger charge is 2.04. The first-order chi connectivity index (χ1) is 11.9. The fourth-order valence-electron chi connectivity index (χ4n) is 1.95. The van der Waals surface area contributed by atoms with Gasteiger partial charge in [-0.25, -0.2) is 9.59 Å². The number of benzene rings is 2. The molecule has 0 aliphatic heterocycles. The first kappa shape index (κ1) is 19.8. The minimum atomic E-state index is -1.82. The highest BCUT2D eigenvalue weighted by molar-refractivity contribution is 6.27. The zero-order valence-corrected chi connectivity index (χ0v) is 14.3. The molecule has 0 bridgehead atoms. The maximum absolute atomic E-state index is 9.10. The van der Waals surface area contributed by atoms with Crippen LogP contribution in [0, 0.1) is 6.92 Å². The van der Waals surface area contributed by atoms with Crippen molar-refractivity contribution in [2.24, 2.45) is 0 Å². The summed E-state index contributed by atoms with van der Waals surface area (Å²) in [6.07, 6.45) is 0. The molecule has 0 fully saturated rings. The Kier molecular flexibility index (Phi) is 7.78. The molecule has 0 aliphatic carbocycles. The molecule has 0 unspecified atom stereocenters. The molecule has 0 aliphatic rings. The van der Waals surface area contributed by atoms with Crippen LogP contribution in [-0.2, 0) is 16.1 Å². The normalized spacial score (nSPS) is 9.40. The zero-order chi connectivity index (χ0) is 18.8. The number of methoxy groups -OCH3 is 2. The van der Waals surface area contributed by atoms with E-state index in [4.69, 9.17) is 29.3 Å². The molecule has 2 rings (SSSR count). The van der Waals surface area contributed by atoms with Gasteiger partial charge < -0.3 is 25.0 Å². The fraction of sp³-hybridized carbons (Fsp3) is 0.222. The number of carboxylic acids is 2. The van der Waals surface area contributed by atoms with Crippen molar-refractivity contribution in [3.63, 3.8) is 0 Å². The lowest BCUT2D eigenvalue weighted by atomic mass is 10.2. The first-order valence-corrected chi connectivity index (χ1v) is 7.35. The van der Waals surface area contributed by atoms with Gasteiger partial charge in [-0.2, -0.15) is 0 Å². The van der Waals surface area contributed by atoms with Crippen LogP contribution in [-0.4, -0.2) is 36.4 Å². The van der Waals surface area contributed by atoms with Gasteiger partial charge in [0.1, 0.15) is 0 Å².